The molecule has 7 heteroatoms. The molecule has 1 amide bonds. The van der Waals surface area contributed by atoms with Crippen molar-refractivity contribution >= 4 is 23.3 Å². The number of hydrogen-bond donors (Lipinski definition) is 3. The average molecular weight is 369 g/mol. The molecule has 4 N–H and O–H groups in total. The molecule has 0 aliphatic carbocycles. The van der Waals surface area contributed by atoms with Crippen LogP contribution < -0.4 is 15.5 Å². The van der Waals surface area contributed by atoms with Crippen LogP contribution in [0.15, 0.2) is 48.5 Å². The number of amides is 1. The maximum Gasteiger partial charge on any atom is 0.335 e. The van der Waals surface area contributed by atoms with Crippen molar-refractivity contribution in [1.82, 2.24) is 0 Å². The Balaban J connectivity index is 1.83. The molecule has 27 heavy (non-hydrogen) atoms. The predicted molar refractivity (Wildman–Crippen MR) is 103 cm³/mol. The third-order valence-corrected chi connectivity index (χ3v) is 4.83. The normalized spacial score (nSPS) is 17.0. The summed E-state index contributed by atoms with van der Waals surface area (Å²) in [6, 6.07) is 13.9. The summed E-state index contributed by atoms with van der Waals surface area (Å²) in [7, 11) is 0. The van der Waals surface area contributed by atoms with Crippen molar-refractivity contribution in [2.24, 2.45) is 5.73 Å². The van der Waals surface area contributed by atoms with Crippen LogP contribution in [0.3, 0.4) is 0 Å². The van der Waals surface area contributed by atoms with Crippen LogP contribution in [-0.2, 0) is 4.79 Å². The summed E-state index contributed by atoms with van der Waals surface area (Å²) in [6.07, 6.45) is 0.850. The van der Waals surface area contributed by atoms with Crippen LogP contribution in [0.25, 0.3) is 0 Å². The second-order valence-corrected chi connectivity index (χ2v) is 6.67. The van der Waals surface area contributed by atoms with Crippen LogP contribution in [0.1, 0.15) is 23.2 Å². The Hall–Kier alpha value is -3.22. The van der Waals surface area contributed by atoms with Crippen LogP contribution in [-0.4, -0.2) is 47.8 Å². The van der Waals surface area contributed by atoms with Gasteiger partial charge in [0.1, 0.15) is 5.75 Å². The van der Waals surface area contributed by atoms with E-state index in [0.29, 0.717) is 26.1 Å². The smallest absolute Gasteiger partial charge is 0.335 e. The van der Waals surface area contributed by atoms with E-state index in [1.807, 2.05) is 12.1 Å². The Bertz CT molecular complexity index is 839. The van der Waals surface area contributed by atoms with Gasteiger partial charge in [-0.15, -0.1) is 0 Å². The Kier molecular flexibility index (Phi) is 5.49. The molecule has 2 aromatic carbocycles. The van der Waals surface area contributed by atoms with E-state index in [1.54, 1.807) is 36.4 Å². The molecule has 142 valence electrons. The molecule has 0 radical (unpaired) electrons. The van der Waals surface area contributed by atoms with Gasteiger partial charge >= 0.3 is 5.97 Å². The van der Waals surface area contributed by atoms with Crippen molar-refractivity contribution in [3.05, 3.63) is 54.1 Å². The Morgan fingerprint density at radius 1 is 1.07 bits per heavy atom. The molecule has 7 nitrogen and oxygen atoms in total. The first kappa shape index (κ1) is 18.6. The molecular weight excluding hydrogens is 346 g/mol. The number of benzene rings is 2. The molecule has 1 aliphatic rings. The molecule has 0 spiro atoms. The Morgan fingerprint density at radius 3 is 2.52 bits per heavy atom. The van der Waals surface area contributed by atoms with Crippen molar-refractivity contribution in [3.8, 4) is 5.75 Å². The lowest BCUT2D eigenvalue weighted by atomic mass is 10.0. The molecule has 1 heterocycles. The lowest BCUT2D eigenvalue weighted by molar-refractivity contribution is -0.118. The second kappa shape index (κ2) is 7.99. The van der Waals surface area contributed by atoms with Crippen LogP contribution >= 0.6 is 0 Å². The monoisotopic (exact) mass is 369 g/mol. The van der Waals surface area contributed by atoms with E-state index in [2.05, 4.69) is 9.80 Å². The van der Waals surface area contributed by atoms with Gasteiger partial charge in [0.15, 0.2) is 0 Å². The number of carboxylic acid groups (broad SMARTS) is 1. The van der Waals surface area contributed by atoms with E-state index >= 15 is 0 Å². The fraction of sp³-hybridized carbons (Fsp3) is 0.300. The number of nitrogens with zero attached hydrogens (tertiary/aromatic N) is 2. The zero-order valence-electron chi connectivity index (χ0n) is 14.9. The average Bonchev–Trinajstić information content (AvgIpc) is 2.66. The van der Waals surface area contributed by atoms with Crippen LogP contribution in [0.4, 0.5) is 11.4 Å². The SMILES string of the molecule is NC(=O)CCC1CN(c2cccc(C(=O)O)c2)CCN1c1cccc(O)c1. The molecular formula is C20H23N3O4. The lowest BCUT2D eigenvalue weighted by Crippen LogP contribution is -2.53. The number of anilines is 2. The highest BCUT2D eigenvalue weighted by Gasteiger charge is 2.28. The van der Waals surface area contributed by atoms with Crippen LogP contribution in [0.5, 0.6) is 5.75 Å². The molecule has 1 fully saturated rings. The number of aromatic carboxylic acids is 1. The fourth-order valence-corrected chi connectivity index (χ4v) is 3.49. The summed E-state index contributed by atoms with van der Waals surface area (Å²) >= 11 is 0. The molecule has 0 aromatic heterocycles. The van der Waals surface area contributed by atoms with E-state index in [4.69, 9.17) is 5.73 Å². The lowest BCUT2D eigenvalue weighted by Gasteiger charge is -2.44. The highest BCUT2D eigenvalue weighted by atomic mass is 16.4. The molecule has 0 bridgehead atoms. The number of piperazine rings is 1. The summed E-state index contributed by atoms with van der Waals surface area (Å²) in [5.41, 5.74) is 7.32. The van der Waals surface area contributed by atoms with Gasteiger partial charge in [-0.2, -0.15) is 0 Å². The standard InChI is InChI=1S/C20H23N3O4/c21-19(25)8-7-17-13-22(15-4-1-3-14(11-15)20(26)27)9-10-23(17)16-5-2-6-18(24)12-16/h1-6,11-12,17,24H,7-10,13H2,(H2,21,25)(H,26,27). The van der Waals surface area contributed by atoms with Gasteiger partial charge in [-0.05, 0) is 36.8 Å². The van der Waals surface area contributed by atoms with E-state index in [9.17, 15) is 19.8 Å². The van der Waals surface area contributed by atoms with Gasteiger partial charge in [0.25, 0.3) is 0 Å². The first-order valence-electron chi connectivity index (χ1n) is 8.86. The molecule has 2 aromatic rings. The minimum atomic E-state index is -0.958. The van der Waals surface area contributed by atoms with Gasteiger partial charge in [-0.1, -0.05) is 12.1 Å². The zero-order valence-corrected chi connectivity index (χ0v) is 14.9. The number of primary amides is 1. The summed E-state index contributed by atoms with van der Waals surface area (Å²) < 4.78 is 0. The first-order valence-corrected chi connectivity index (χ1v) is 8.86. The number of nitrogens with two attached hydrogens (primary N) is 1. The van der Waals surface area contributed by atoms with E-state index < -0.39 is 5.97 Å². The van der Waals surface area contributed by atoms with Crippen molar-refractivity contribution in [1.29, 1.82) is 0 Å². The number of carbonyl (C=O) groups is 2. The molecule has 1 saturated heterocycles. The highest BCUT2D eigenvalue weighted by Crippen LogP contribution is 2.28. The van der Waals surface area contributed by atoms with E-state index in [0.717, 1.165) is 11.4 Å². The molecule has 1 atom stereocenters. The van der Waals surface area contributed by atoms with Crippen molar-refractivity contribution < 1.29 is 19.8 Å². The summed E-state index contributed by atoms with van der Waals surface area (Å²) in [4.78, 5) is 26.8. The van der Waals surface area contributed by atoms with Gasteiger partial charge in [-0.3, -0.25) is 4.79 Å². The van der Waals surface area contributed by atoms with Crippen molar-refractivity contribution in [3.63, 3.8) is 0 Å². The summed E-state index contributed by atoms with van der Waals surface area (Å²) in [5, 5.41) is 19.0. The molecule has 0 saturated carbocycles. The van der Waals surface area contributed by atoms with E-state index in [-0.39, 0.29) is 29.7 Å². The first-order chi connectivity index (χ1) is 12.9. The molecule has 1 unspecified atom stereocenters. The van der Waals surface area contributed by atoms with Crippen molar-refractivity contribution in [2.45, 2.75) is 18.9 Å². The second-order valence-electron chi connectivity index (χ2n) is 6.67. The number of phenols is 1. The van der Waals surface area contributed by atoms with E-state index in [1.165, 1.54) is 0 Å². The van der Waals surface area contributed by atoms with Gasteiger partial charge in [-0.25, -0.2) is 4.79 Å². The largest absolute Gasteiger partial charge is 0.508 e. The third kappa shape index (κ3) is 4.49. The summed E-state index contributed by atoms with van der Waals surface area (Å²) in [6.45, 7) is 2.02. The quantitative estimate of drug-likeness (QED) is 0.719. The van der Waals surface area contributed by atoms with Crippen LogP contribution in [0, 0.1) is 0 Å². The van der Waals surface area contributed by atoms with Crippen molar-refractivity contribution in [2.75, 3.05) is 29.4 Å². The van der Waals surface area contributed by atoms with Crippen LogP contribution in [0.2, 0.25) is 0 Å². The van der Waals surface area contributed by atoms with Gasteiger partial charge in [0.2, 0.25) is 5.91 Å². The van der Waals surface area contributed by atoms with Gasteiger partial charge in [0, 0.05) is 49.5 Å². The molecule has 3 rings (SSSR count). The molecule has 1 aliphatic heterocycles. The number of rotatable bonds is 6. The summed E-state index contributed by atoms with van der Waals surface area (Å²) in [5.74, 6) is -1.12. The zero-order chi connectivity index (χ0) is 19.4. The minimum absolute atomic E-state index is 0.0153. The van der Waals surface area contributed by atoms with Gasteiger partial charge < -0.3 is 25.7 Å². The predicted octanol–water partition coefficient (Wildman–Crippen LogP) is 2.05. The minimum Gasteiger partial charge on any atom is -0.508 e. The fourth-order valence-electron chi connectivity index (χ4n) is 3.49. The van der Waals surface area contributed by atoms with Gasteiger partial charge in [0.05, 0.1) is 5.56 Å². The topological polar surface area (TPSA) is 107 Å². The Labute approximate surface area is 157 Å². The number of hydrogen-bond acceptors (Lipinski definition) is 5. The number of aromatic hydroxyl groups is 1. The maximum atomic E-state index is 11.3. The Morgan fingerprint density at radius 2 is 1.81 bits per heavy atom. The number of phenolic OH excluding ortho intramolecular Hbond substituents is 1. The number of carbonyl (C=O) groups excluding carboxylic acids is 1. The maximum absolute atomic E-state index is 11.3. The number of carboxylic acids is 1. The highest BCUT2D eigenvalue weighted by molar-refractivity contribution is 5.88. The third-order valence-electron chi connectivity index (χ3n) is 4.83.